The molecule has 2 N–H and O–H groups in total. The topological polar surface area (TPSA) is 74.6 Å². The maximum atomic E-state index is 10.5. The van der Waals surface area contributed by atoms with Gasteiger partial charge < -0.3 is 10.2 Å². The summed E-state index contributed by atoms with van der Waals surface area (Å²) in [6, 6.07) is 22.2. The number of carbonyl (C=O) groups is 2. The summed E-state index contributed by atoms with van der Waals surface area (Å²) in [6.07, 6.45) is 0. The van der Waals surface area contributed by atoms with Gasteiger partial charge in [-0.25, -0.2) is 9.59 Å². The van der Waals surface area contributed by atoms with Gasteiger partial charge in [0.05, 0.1) is 11.1 Å². The third-order valence-corrected chi connectivity index (χ3v) is 3.05. The van der Waals surface area contributed by atoms with Crippen molar-refractivity contribution in [3.05, 3.63) is 83.9 Å². The predicted molar refractivity (Wildman–Crippen MR) is 84.3 cm³/mol. The van der Waals surface area contributed by atoms with Crippen LogP contribution in [0.15, 0.2) is 72.8 Å². The van der Waals surface area contributed by atoms with E-state index in [0.717, 1.165) is 0 Å². The fraction of sp³-hybridized carbons (Fsp3) is 0. The van der Waals surface area contributed by atoms with E-state index in [2.05, 4.69) is 48.5 Å². The molecule has 4 nitrogen and oxygen atoms in total. The third kappa shape index (κ3) is 3.70. The second-order valence-corrected chi connectivity index (χ2v) is 4.50. The maximum absolute atomic E-state index is 10.5. The summed E-state index contributed by atoms with van der Waals surface area (Å²) >= 11 is 0. The Morgan fingerprint density at radius 2 is 0.818 bits per heavy atom. The fourth-order valence-corrected chi connectivity index (χ4v) is 1.99. The van der Waals surface area contributed by atoms with Crippen LogP contribution in [-0.4, -0.2) is 22.2 Å². The van der Waals surface area contributed by atoms with Crippen LogP contribution in [0.5, 0.6) is 0 Å². The van der Waals surface area contributed by atoms with Gasteiger partial charge in [-0.1, -0.05) is 60.7 Å². The van der Waals surface area contributed by atoms with Crippen LogP contribution in [0.1, 0.15) is 20.7 Å². The molecule has 0 aliphatic carbocycles. The van der Waals surface area contributed by atoms with Crippen LogP contribution in [0.3, 0.4) is 0 Å². The first-order valence-corrected chi connectivity index (χ1v) is 6.59. The highest BCUT2D eigenvalue weighted by Crippen LogP contribution is 2.11. The van der Waals surface area contributed by atoms with Crippen LogP contribution in [0.2, 0.25) is 0 Å². The fourth-order valence-electron chi connectivity index (χ4n) is 1.99. The van der Waals surface area contributed by atoms with E-state index in [4.69, 9.17) is 10.2 Å². The lowest BCUT2D eigenvalue weighted by Gasteiger charge is -1.98. The Bertz CT molecular complexity index is 710. The second kappa shape index (κ2) is 7.04. The van der Waals surface area contributed by atoms with E-state index in [1.165, 1.54) is 35.0 Å². The van der Waals surface area contributed by atoms with E-state index >= 15 is 0 Å². The number of hydrogen-bond donors (Lipinski definition) is 2. The zero-order valence-electron chi connectivity index (χ0n) is 11.6. The Morgan fingerprint density at radius 1 is 0.545 bits per heavy atom. The summed E-state index contributed by atoms with van der Waals surface area (Å²) in [6.45, 7) is 0. The van der Waals surface area contributed by atoms with E-state index < -0.39 is 11.9 Å². The molecule has 0 aromatic heterocycles. The number of hydrogen-bond acceptors (Lipinski definition) is 2. The van der Waals surface area contributed by atoms with E-state index in [-0.39, 0.29) is 11.1 Å². The number of aromatic carboxylic acids is 2. The highest BCUT2D eigenvalue weighted by molar-refractivity contribution is 6.01. The van der Waals surface area contributed by atoms with Gasteiger partial charge in [0.25, 0.3) is 0 Å². The molecular formula is C18H14O4. The van der Waals surface area contributed by atoms with Crippen LogP contribution >= 0.6 is 0 Å². The van der Waals surface area contributed by atoms with Crippen molar-refractivity contribution in [2.24, 2.45) is 0 Å². The molecule has 0 bridgehead atoms. The van der Waals surface area contributed by atoms with Gasteiger partial charge in [-0.2, -0.15) is 0 Å². The van der Waals surface area contributed by atoms with E-state index in [1.54, 1.807) is 0 Å². The molecule has 3 aromatic carbocycles. The summed E-state index contributed by atoms with van der Waals surface area (Å²) < 4.78 is 0. The monoisotopic (exact) mass is 294 g/mol. The quantitative estimate of drug-likeness (QED) is 0.751. The number of benzene rings is 3. The van der Waals surface area contributed by atoms with Gasteiger partial charge >= 0.3 is 11.9 Å². The molecule has 0 atom stereocenters. The Balaban J connectivity index is 0.000000162. The minimum atomic E-state index is -1.23. The summed E-state index contributed by atoms with van der Waals surface area (Å²) in [7, 11) is 0. The van der Waals surface area contributed by atoms with Gasteiger partial charge in [0.2, 0.25) is 0 Å². The molecule has 0 spiro atoms. The average Bonchev–Trinajstić information content (AvgIpc) is 2.55. The van der Waals surface area contributed by atoms with Crippen molar-refractivity contribution < 1.29 is 19.8 Å². The standard InChI is InChI=1S/C10H8.C8H6O4/c1-2-6-10-8-4-3-7-9(10)5-1;9-7(10)5-3-1-2-4-6(5)8(11)12/h1-8H;1-4H,(H,9,10)(H,11,12). The largest absolute Gasteiger partial charge is 0.478 e. The normalized spacial score (nSPS) is 9.64. The van der Waals surface area contributed by atoms with Crippen molar-refractivity contribution in [3.63, 3.8) is 0 Å². The molecule has 0 aliphatic heterocycles. The highest BCUT2D eigenvalue weighted by Gasteiger charge is 2.13. The molecule has 0 aliphatic rings. The zero-order valence-corrected chi connectivity index (χ0v) is 11.6. The number of carboxylic acid groups (broad SMARTS) is 2. The second-order valence-electron chi connectivity index (χ2n) is 4.50. The minimum Gasteiger partial charge on any atom is -0.478 e. The lowest BCUT2D eigenvalue weighted by Crippen LogP contribution is -2.06. The molecule has 0 unspecified atom stereocenters. The molecule has 110 valence electrons. The average molecular weight is 294 g/mol. The van der Waals surface area contributed by atoms with E-state index in [1.807, 2.05) is 0 Å². The minimum absolute atomic E-state index is 0.190. The van der Waals surface area contributed by atoms with E-state index in [9.17, 15) is 9.59 Å². The molecule has 0 saturated carbocycles. The SMILES string of the molecule is O=C(O)c1ccccc1C(=O)O.c1ccc2ccccc2c1. The van der Waals surface area contributed by atoms with Crippen molar-refractivity contribution in [2.45, 2.75) is 0 Å². The Hall–Kier alpha value is -3.14. The van der Waals surface area contributed by atoms with Gasteiger partial charge in [0.1, 0.15) is 0 Å². The first-order valence-electron chi connectivity index (χ1n) is 6.59. The summed E-state index contributed by atoms with van der Waals surface area (Å²) in [5.41, 5.74) is -0.380. The third-order valence-electron chi connectivity index (χ3n) is 3.05. The molecule has 0 radical (unpaired) electrons. The lowest BCUT2D eigenvalue weighted by molar-refractivity contribution is 0.0651. The Kier molecular flexibility index (Phi) is 4.88. The molecular weight excluding hydrogens is 280 g/mol. The summed E-state index contributed by atoms with van der Waals surface area (Å²) in [5.74, 6) is -2.46. The summed E-state index contributed by atoms with van der Waals surface area (Å²) in [5, 5.41) is 19.7. The van der Waals surface area contributed by atoms with Crippen LogP contribution in [-0.2, 0) is 0 Å². The predicted octanol–water partition coefficient (Wildman–Crippen LogP) is 3.92. The van der Waals surface area contributed by atoms with Crippen molar-refractivity contribution >= 4 is 22.7 Å². The van der Waals surface area contributed by atoms with Crippen molar-refractivity contribution in [1.82, 2.24) is 0 Å². The van der Waals surface area contributed by atoms with Gasteiger partial charge in [0.15, 0.2) is 0 Å². The molecule has 4 heteroatoms. The van der Waals surface area contributed by atoms with Gasteiger partial charge in [-0.05, 0) is 22.9 Å². The van der Waals surface area contributed by atoms with Crippen LogP contribution in [0, 0.1) is 0 Å². The van der Waals surface area contributed by atoms with Crippen molar-refractivity contribution in [3.8, 4) is 0 Å². The van der Waals surface area contributed by atoms with Crippen LogP contribution < -0.4 is 0 Å². The molecule has 0 fully saturated rings. The van der Waals surface area contributed by atoms with Crippen molar-refractivity contribution in [1.29, 1.82) is 0 Å². The maximum Gasteiger partial charge on any atom is 0.336 e. The molecule has 0 heterocycles. The number of carboxylic acids is 2. The van der Waals surface area contributed by atoms with Crippen LogP contribution in [0.25, 0.3) is 10.8 Å². The highest BCUT2D eigenvalue weighted by atomic mass is 16.4. The Labute approximate surface area is 127 Å². The first kappa shape index (κ1) is 15.3. The number of rotatable bonds is 2. The first-order chi connectivity index (χ1) is 10.6. The molecule has 3 aromatic rings. The molecule has 0 amide bonds. The molecule has 0 saturated heterocycles. The molecule has 22 heavy (non-hydrogen) atoms. The van der Waals surface area contributed by atoms with E-state index in [0.29, 0.717) is 0 Å². The van der Waals surface area contributed by atoms with Crippen molar-refractivity contribution in [2.75, 3.05) is 0 Å². The van der Waals surface area contributed by atoms with Crippen LogP contribution in [0.4, 0.5) is 0 Å². The number of fused-ring (bicyclic) bond motifs is 1. The smallest absolute Gasteiger partial charge is 0.336 e. The lowest BCUT2D eigenvalue weighted by atomic mass is 10.1. The summed E-state index contributed by atoms with van der Waals surface area (Å²) in [4.78, 5) is 20.9. The van der Waals surface area contributed by atoms with Gasteiger partial charge in [-0.3, -0.25) is 0 Å². The zero-order chi connectivity index (χ0) is 15.9. The van der Waals surface area contributed by atoms with Gasteiger partial charge in [0, 0.05) is 0 Å². The Morgan fingerprint density at radius 3 is 1.09 bits per heavy atom. The van der Waals surface area contributed by atoms with Gasteiger partial charge in [-0.15, -0.1) is 0 Å². The molecule has 3 rings (SSSR count).